The first kappa shape index (κ1) is 21.5. The van der Waals surface area contributed by atoms with Crippen molar-refractivity contribution in [2.75, 3.05) is 37.6 Å². The van der Waals surface area contributed by atoms with Gasteiger partial charge in [0, 0.05) is 31.7 Å². The molecule has 2 fully saturated rings. The van der Waals surface area contributed by atoms with Gasteiger partial charge in [-0.15, -0.1) is 12.4 Å². The normalized spacial score (nSPS) is 17.9. The van der Waals surface area contributed by atoms with Gasteiger partial charge in [-0.25, -0.2) is 4.79 Å². The lowest BCUT2D eigenvalue weighted by Crippen LogP contribution is -2.35. The van der Waals surface area contributed by atoms with Crippen molar-refractivity contribution in [2.24, 2.45) is 5.92 Å². The molecule has 150 valence electrons. The van der Waals surface area contributed by atoms with Gasteiger partial charge >= 0.3 is 12.0 Å². The molecule has 1 aromatic rings. The molecule has 2 saturated heterocycles. The van der Waals surface area contributed by atoms with Crippen LogP contribution in [0.1, 0.15) is 36.8 Å². The lowest BCUT2D eigenvalue weighted by atomic mass is 9.94. The van der Waals surface area contributed by atoms with Gasteiger partial charge in [-0.05, 0) is 68.8 Å². The van der Waals surface area contributed by atoms with Crippen LogP contribution in [0.15, 0.2) is 18.2 Å². The van der Waals surface area contributed by atoms with Gasteiger partial charge in [-0.2, -0.15) is 0 Å². The molecule has 0 atom stereocenters. The molecule has 2 heterocycles. The SMILES string of the molecule is Cc1cc(CCC(=O)O)ccc1N1CCN(CCC2CCNCC2)C1=O.Cl. The van der Waals surface area contributed by atoms with Gasteiger partial charge in [-0.1, -0.05) is 12.1 Å². The Morgan fingerprint density at radius 1 is 1.26 bits per heavy atom. The van der Waals surface area contributed by atoms with Gasteiger partial charge in [0.15, 0.2) is 0 Å². The van der Waals surface area contributed by atoms with E-state index < -0.39 is 5.97 Å². The molecule has 0 bridgehead atoms. The summed E-state index contributed by atoms with van der Waals surface area (Å²) in [5, 5.41) is 12.2. The largest absolute Gasteiger partial charge is 0.481 e. The maximum Gasteiger partial charge on any atom is 0.324 e. The quantitative estimate of drug-likeness (QED) is 0.744. The number of piperidine rings is 1. The van der Waals surface area contributed by atoms with Crippen LogP contribution in [0.4, 0.5) is 10.5 Å². The van der Waals surface area contributed by atoms with Gasteiger partial charge < -0.3 is 15.3 Å². The van der Waals surface area contributed by atoms with Crippen LogP contribution in [0.3, 0.4) is 0 Å². The second-order valence-corrected chi connectivity index (χ2v) is 7.42. The minimum absolute atomic E-state index is 0. The van der Waals surface area contributed by atoms with Crippen molar-refractivity contribution in [3.63, 3.8) is 0 Å². The summed E-state index contributed by atoms with van der Waals surface area (Å²) in [4.78, 5) is 27.4. The van der Waals surface area contributed by atoms with E-state index in [1.54, 1.807) is 0 Å². The third-order valence-corrected chi connectivity index (χ3v) is 5.54. The molecule has 2 N–H and O–H groups in total. The van der Waals surface area contributed by atoms with Gasteiger partial charge in [-0.3, -0.25) is 9.69 Å². The van der Waals surface area contributed by atoms with Crippen molar-refractivity contribution >= 4 is 30.1 Å². The Morgan fingerprint density at radius 2 is 2.00 bits per heavy atom. The summed E-state index contributed by atoms with van der Waals surface area (Å²) in [6.07, 6.45) is 4.17. The predicted molar refractivity (Wildman–Crippen MR) is 109 cm³/mol. The Hall–Kier alpha value is -1.79. The Balaban J connectivity index is 0.00000261. The van der Waals surface area contributed by atoms with E-state index in [0.717, 1.165) is 61.9 Å². The number of nitrogens with one attached hydrogen (secondary N) is 1. The number of nitrogens with zero attached hydrogens (tertiary/aromatic N) is 2. The van der Waals surface area contributed by atoms with Gasteiger partial charge in [0.25, 0.3) is 0 Å². The zero-order valence-electron chi connectivity index (χ0n) is 15.9. The number of amides is 2. The van der Waals surface area contributed by atoms with Crippen molar-refractivity contribution in [1.29, 1.82) is 0 Å². The topological polar surface area (TPSA) is 72.9 Å². The molecule has 0 saturated carbocycles. The summed E-state index contributed by atoms with van der Waals surface area (Å²) in [5.41, 5.74) is 2.97. The summed E-state index contributed by atoms with van der Waals surface area (Å²) < 4.78 is 0. The number of anilines is 1. The van der Waals surface area contributed by atoms with Gasteiger partial charge in [0.2, 0.25) is 0 Å². The number of benzene rings is 1. The zero-order valence-corrected chi connectivity index (χ0v) is 16.8. The number of urea groups is 1. The Kier molecular flexibility index (Phi) is 7.92. The van der Waals surface area contributed by atoms with Crippen LogP contribution < -0.4 is 10.2 Å². The van der Waals surface area contributed by atoms with Crippen LogP contribution >= 0.6 is 12.4 Å². The fourth-order valence-electron chi connectivity index (χ4n) is 3.95. The fourth-order valence-corrected chi connectivity index (χ4v) is 3.95. The summed E-state index contributed by atoms with van der Waals surface area (Å²) in [6.45, 7) is 6.53. The number of hydrogen-bond acceptors (Lipinski definition) is 3. The number of carboxylic acid groups (broad SMARTS) is 1. The van der Waals surface area contributed by atoms with E-state index in [1.807, 2.05) is 34.9 Å². The number of carbonyl (C=O) groups is 2. The molecule has 0 spiro atoms. The second kappa shape index (κ2) is 9.95. The summed E-state index contributed by atoms with van der Waals surface area (Å²) in [6, 6.07) is 6.00. The molecule has 0 radical (unpaired) electrons. The van der Waals surface area contributed by atoms with Gasteiger partial charge in [0.05, 0.1) is 0 Å². The second-order valence-electron chi connectivity index (χ2n) is 7.42. The smallest absolute Gasteiger partial charge is 0.324 e. The van der Waals surface area contributed by atoms with Crippen molar-refractivity contribution in [3.05, 3.63) is 29.3 Å². The lowest BCUT2D eigenvalue weighted by molar-refractivity contribution is -0.136. The van der Waals surface area contributed by atoms with E-state index >= 15 is 0 Å². The Morgan fingerprint density at radius 3 is 2.67 bits per heavy atom. The van der Waals surface area contributed by atoms with Crippen LogP contribution in [-0.4, -0.2) is 54.7 Å². The highest BCUT2D eigenvalue weighted by molar-refractivity contribution is 5.94. The van der Waals surface area contributed by atoms with Crippen LogP contribution in [0.5, 0.6) is 0 Å². The number of carboxylic acids is 1. The first-order valence-corrected chi connectivity index (χ1v) is 9.63. The minimum Gasteiger partial charge on any atom is -0.481 e. The molecule has 2 aliphatic heterocycles. The molecule has 0 unspecified atom stereocenters. The highest BCUT2D eigenvalue weighted by Crippen LogP contribution is 2.26. The van der Waals surface area contributed by atoms with Crippen molar-refractivity contribution < 1.29 is 14.7 Å². The van der Waals surface area contributed by atoms with Crippen molar-refractivity contribution in [2.45, 2.75) is 39.0 Å². The molecule has 6 nitrogen and oxygen atoms in total. The molecule has 27 heavy (non-hydrogen) atoms. The average Bonchev–Trinajstić information content (AvgIpc) is 3.00. The van der Waals surface area contributed by atoms with E-state index in [4.69, 9.17) is 5.11 Å². The van der Waals surface area contributed by atoms with Crippen molar-refractivity contribution in [3.8, 4) is 0 Å². The molecule has 0 aromatic heterocycles. The number of aliphatic carboxylic acids is 1. The standard InChI is InChI=1S/C20H29N3O3.ClH/c1-15-14-17(3-5-19(24)25)2-4-18(15)23-13-12-22(20(23)26)11-8-16-6-9-21-10-7-16;/h2,4,14,16,21H,3,5-13H2,1H3,(H,24,25);1H. The third kappa shape index (κ3) is 5.59. The number of aryl methyl sites for hydroxylation is 2. The van der Waals surface area contributed by atoms with E-state index in [-0.39, 0.29) is 24.9 Å². The molecular weight excluding hydrogens is 366 g/mol. The Labute approximate surface area is 167 Å². The van der Waals surface area contributed by atoms with Crippen LogP contribution in [0, 0.1) is 12.8 Å². The van der Waals surface area contributed by atoms with E-state index in [1.165, 1.54) is 12.8 Å². The van der Waals surface area contributed by atoms with Crippen LogP contribution in [0.25, 0.3) is 0 Å². The first-order chi connectivity index (χ1) is 12.5. The average molecular weight is 396 g/mol. The van der Waals surface area contributed by atoms with E-state index in [0.29, 0.717) is 6.42 Å². The maximum absolute atomic E-state index is 12.8. The molecule has 3 rings (SSSR count). The molecule has 7 heteroatoms. The number of halogens is 1. The predicted octanol–water partition coefficient (Wildman–Crippen LogP) is 3.07. The molecule has 1 aromatic carbocycles. The fraction of sp³-hybridized carbons (Fsp3) is 0.600. The summed E-state index contributed by atoms with van der Waals surface area (Å²) in [5.74, 6) is -0.0563. The van der Waals surface area contributed by atoms with Crippen molar-refractivity contribution in [1.82, 2.24) is 10.2 Å². The van der Waals surface area contributed by atoms with Crippen LogP contribution in [0.2, 0.25) is 0 Å². The number of hydrogen-bond donors (Lipinski definition) is 2. The Bertz CT molecular complexity index is 662. The molecule has 0 aliphatic carbocycles. The van der Waals surface area contributed by atoms with E-state index in [2.05, 4.69) is 5.32 Å². The van der Waals surface area contributed by atoms with Crippen LogP contribution in [-0.2, 0) is 11.2 Å². The monoisotopic (exact) mass is 395 g/mol. The molecule has 2 amide bonds. The van der Waals surface area contributed by atoms with E-state index in [9.17, 15) is 9.59 Å². The number of carbonyl (C=O) groups excluding carboxylic acids is 1. The molecule has 2 aliphatic rings. The summed E-state index contributed by atoms with van der Waals surface area (Å²) >= 11 is 0. The first-order valence-electron chi connectivity index (χ1n) is 9.63. The van der Waals surface area contributed by atoms with Gasteiger partial charge in [0.1, 0.15) is 0 Å². The zero-order chi connectivity index (χ0) is 18.5. The number of rotatable bonds is 7. The third-order valence-electron chi connectivity index (χ3n) is 5.54. The summed E-state index contributed by atoms with van der Waals surface area (Å²) in [7, 11) is 0. The minimum atomic E-state index is -0.786. The maximum atomic E-state index is 12.8. The molecular formula is C20H30ClN3O3. The highest BCUT2D eigenvalue weighted by atomic mass is 35.5. The lowest BCUT2D eigenvalue weighted by Gasteiger charge is -2.25. The highest BCUT2D eigenvalue weighted by Gasteiger charge is 2.30.